The highest BCUT2D eigenvalue weighted by Gasteiger charge is 2.16. The van der Waals surface area contributed by atoms with Crippen molar-refractivity contribution in [1.29, 1.82) is 0 Å². The van der Waals surface area contributed by atoms with Crippen LogP contribution >= 0.6 is 0 Å². The van der Waals surface area contributed by atoms with Crippen LogP contribution in [0.5, 0.6) is 0 Å². The van der Waals surface area contributed by atoms with Crippen LogP contribution in [0.3, 0.4) is 0 Å². The molecule has 0 unspecified atom stereocenters. The van der Waals surface area contributed by atoms with Crippen molar-refractivity contribution < 1.29 is 14.1 Å². The van der Waals surface area contributed by atoms with Crippen molar-refractivity contribution >= 4 is 28.2 Å². The zero-order chi connectivity index (χ0) is 18.1. The number of nitro groups is 1. The van der Waals surface area contributed by atoms with Crippen molar-refractivity contribution in [3.8, 4) is 0 Å². The van der Waals surface area contributed by atoms with Gasteiger partial charge in [-0.05, 0) is 24.3 Å². The fourth-order valence-electron chi connectivity index (χ4n) is 2.52. The average Bonchev–Trinajstić information content (AvgIpc) is 2.58. The van der Waals surface area contributed by atoms with Crippen LogP contribution in [0.15, 0.2) is 53.5 Å². The van der Waals surface area contributed by atoms with Crippen LogP contribution in [0, 0.1) is 15.9 Å². The average molecular weight is 341 g/mol. The van der Waals surface area contributed by atoms with Gasteiger partial charge in [0.1, 0.15) is 11.4 Å². The summed E-state index contributed by atoms with van der Waals surface area (Å²) < 4.78 is 15.0. The third kappa shape index (κ3) is 3.09. The largest absolute Gasteiger partial charge is 0.350 e. The lowest BCUT2D eigenvalue weighted by Gasteiger charge is -2.09. The van der Waals surface area contributed by atoms with Gasteiger partial charge in [-0.1, -0.05) is 6.07 Å². The molecule has 2 aromatic carbocycles. The van der Waals surface area contributed by atoms with Gasteiger partial charge in [0.25, 0.3) is 11.6 Å². The summed E-state index contributed by atoms with van der Waals surface area (Å²) in [5.74, 6) is -1.31. The molecule has 1 amide bonds. The molecule has 3 aromatic rings. The van der Waals surface area contributed by atoms with Gasteiger partial charge in [-0.25, -0.2) is 4.39 Å². The van der Waals surface area contributed by atoms with Crippen LogP contribution in [-0.4, -0.2) is 15.4 Å². The van der Waals surface area contributed by atoms with E-state index in [2.05, 4.69) is 5.32 Å². The molecule has 126 valence electrons. The summed E-state index contributed by atoms with van der Waals surface area (Å²) in [5.41, 5.74) is -0.326. The third-order valence-corrected chi connectivity index (χ3v) is 3.71. The fraction of sp³-hybridized carbons (Fsp3) is 0.0588. The Balaban J connectivity index is 2.03. The van der Waals surface area contributed by atoms with E-state index in [0.717, 1.165) is 6.07 Å². The minimum atomic E-state index is -0.729. The zero-order valence-corrected chi connectivity index (χ0v) is 13.0. The molecule has 0 atom stereocenters. The number of carbonyl (C=O) groups excluding carboxylic acids is 1. The van der Waals surface area contributed by atoms with Crippen molar-refractivity contribution in [2.75, 3.05) is 5.32 Å². The van der Waals surface area contributed by atoms with Crippen LogP contribution in [0.2, 0.25) is 0 Å². The molecule has 1 heterocycles. The zero-order valence-electron chi connectivity index (χ0n) is 13.0. The standard InChI is InChI=1S/C17H12FN3O4/c1-20-9-14(16(22)13-7-10(18)5-6-15(13)20)17(23)19-11-3-2-4-12(8-11)21(24)25/h2-9H,1H3,(H,19,23). The smallest absolute Gasteiger partial charge is 0.271 e. The quantitative estimate of drug-likeness (QED) is 0.585. The molecule has 0 saturated carbocycles. The molecule has 8 heteroatoms. The first-order valence-corrected chi connectivity index (χ1v) is 7.21. The Kier molecular flexibility index (Phi) is 4.02. The van der Waals surface area contributed by atoms with E-state index in [9.17, 15) is 24.1 Å². The molecule has 3 rings (SSSR count). The van der Waals surface area contributed by atoms with Crippen molar-refractivity contribution in [2.24, 2.45) is 7.05 Å². The number of nitro benzene ring substituents is 1. The minimum absolute atomic E-state index is 0.0780. The second-order valence-corrected chi connectivity index (χ2v) is 5.41. The number of aromatic nitrogens is 1. The maximum Gasteiger partial charge on any atom is 0.271 e. The lowest BCUT2D eigenvalue weighted by Crippen LogP contribution is -2.23. The number of nitrogens with one attached hydrogen (secondary N) is 1. The Bertz CT molecular complexity index is 1080. The van der Waals surface area contributed by atoms with E-state index in [1.165, 1.54) is 42.6 Å². The summed E-state index contributed by atoms with van der Waals surface area (Å²) in [6.07, 6.45) is 1.34. The lowest BCUT2D eigenvalue weighted by atomic mass is 10.1. The van der Waals surface area contributed by atoms with E-state index in [1.807, 2.05) is 0 Å². The number of hydrogen-bond donors (Lipinski definition) is 1. The van der Waals surface area contributed by atoms with Gasteiger partial charge in [-0.2, -0.15) is 0 Å². The molecule has 7 nitrogen and oxygen atoms in total. The number of anilines is 1. The molecule has 0 spiro atoms. The number of aryl methyl sites for hydroxylation is 1. The Morgan fingerprint density at radius 2 is 2.00 bits per heavy atom. The first-order valence-electron chi connectivity index (χ1n) is 7.21. The summed E-state index contributed by atoms with van der Waals surface area (Å²) in [6, 6.07) is 9.11. The van der Waals surface area contributed by atoms with Crippen molar-refractivity contribution in [1.82, 2.24) is 4.57 Å². The van der Waals surface area contributed by atoms with Crippen LogP contribution < -0.4 is 10.7 Å². The van der Waals surface area contributed by atoms with E-state index < -0.39 is 22.1 Å². The Labute approximate surface area is 140 Å². The number of hydrogen-bond acceptors (Lipinski definition) is 4. The van der Waals surface area contributed by atoms with Gasteiger partial charge in [-0.3, -0.25) is 19.7 Å². The van der Waals surface area contributed by atoms with Gasteiger partial charge in [0.15, 0.2) is 0 Å². The molecular formula is C17H12FN3O4. The maximum absolute atomic E-state index is 13.4. The number of halogens is 1. The number of pyridine rings is 1. The number of benzene rings is 2. The molecule has 0 saturated heterocycles. The molecule has 1 N–H and O–H groups in total. The number of fused-ring (bicyclic) bond motifs is 1. The van der Waals surface area contributed by atoms with Gasteiger partial charge in [-0.15, -0.1) is 0 Å². The molecule has 0 aliphatic carbocycles. The number of amides is 1. The fourth-order valence-corrected chi connectivity index (χ4v) is 2.52. The van der Waals surface area contributed by atoms with Crippen molar-refractivity contribution in [2.45, 2.75) is 0 Å². The molecule has 1 aromatic heterocycles. The number of carbonyl (C=O) groups is 1. The lowest BCUT2D eigenvalue weighted by molar-refractivity contribution is -0.384. The molecule has 25 heavy (non-hydrogen) atoms. The van der Waals surface area contributed by atoms with Gasteiger partial charge in [0.2, 0.25) is 5.43 Å². The topological polar surface area (TPSA) is 94.2 Å². The highest BCUT2D eigenvalue weighted by atomic mass is 19.1. The Morgan fingerprint density at radius 1 is 1.24 bits per heavy atom. The molecule has 0 radical (unpaired) electrons. The van der Waals surface area contributed by atoms with Crippen molar-refractivity contribution in [3.05, 3.63) is 80.4 Å². The van der Waals surface area contributed by atoms with Crippen LogP contribution in [0.25, 0.3) is 10.9 Å². The minimum Gasteiger partial charge on any atom is -0.350 e. The summed E-state index contributed by atoms with van der Waals surface area (Å²) in [6.45, 7) is 0. The highest BCUT2D eigenvalue weighted by molar-refractivity contribution is 6.05. The first-order chi connectivity index (χ1) is 11.9. The normalized spacial score (nSPS) is 10.6. The second-order valence-electron chi connectivity index (χ2n) is 5.41. The van der Waals surface area contributed by atoms with Gasteiger partial charge >= 0.3 is 0 Å². The molecule has 0 bridgehead atoms. The van der Waals surface area contributed by atoms with Crippen LogP contribution in [-0.2, 0) is 7.05 Å². The number of rotatable bonds is 3. The van der Waals surface area contributed by atoms with Crippen LogP contribution in [0.1, 0.15) is 10.4 Å². The summed E-state index contributed by atoms with van der Waals surface area (Å²) in [4.78, 5) is 35.1. The summed E-state index contributed by atoms with van der Waals surface area (Å²) >= 11 is 0. The van der Waals surface area contributed by atoms with E-state index >= 15 is 0 Å². The molecular weight excluding hydrogens is 329 g/mol. The number of nitrogens with zero attached hydrogens (tertiary/aromatic N) is 2. The monoisotopic (exact) mass is 341 g/mol. The molecule has 0 aliphatic heterocycles. The predicted molar refractivity (Wildman–Crippen MR) is 90.2 cm³/mol. The highest BCUT2D eigenvalue weighted by Crippen LogP contribution is 2.18. The SMILES string of the molecule is Cn1cc(C(=O)Nc2cccc([N+](=O)[O-])c2)c(=O)c2cc(F)ccc21. The van der Waals surface area contributed by atoms with Crippen molar-refractivity contribution in [3.63, 3.8) is 0 Å². The van der Waals surface area contributed by atoms with Crippen LogP contribution in [0.4, 0.5) is 15.8 Å². The van der Waals surface area contributed by atoms with Gasteiger partial charge in [0, 0.05) is 36.5 Å². The third-order valence-electron chi connectivity index (χ3n) is 3.71. The molecule has 0 aliphatic rings. The molecule has 0 fully saturated rings. The first kappa shape index (κ1) is 16.3. The maximum atomic E-state index is 13.4. The summed E-state index contributed by atoms with van der Waals surface area (Å²) in [7, 11) is 1.63. The van der Waals surface area contributed by atoms with E-state index in [0.29, 0.717) is 5.52 Å². The van der Waals surface area contributed by atoms with Gasteiger partial charge < -0.3 is 9.88 Å². The van der Waals surface area contributed by atoms with E-state index in [4.69, 9.17) is 0 Å². The predicted octanol–water partition coefficient (Wildman–Crippen LogP) is 2.84. The summed E-state index contributed by atoms with van der Waals surface area (Å²) in [5, 5.41) is 13.3. The van der Waals surface area contributed by atoms with E-state index in [-0.39, 0.29) is 22.3 Å². The Hall–Kier alpha value is -3.55. The number of non-ortho nitro benzene ring substituents is 1. The Morgan fingerprint density at radius 3 is 2.72 bits per heavy atom. The van der Waals surface area contributed by atoms with E-state index in [1.54, 1.807) is 11.6 Å². The second kappa shape index (κ2) is 6.16. The van der Waals surface area contributed by atoms with Gasteiger partial charge in [0.05, 0.1) is 10.4 Å².